The molecule has 4 aromatic rings. The third-order valence-corrected chi connectivity index (χ3v) is 19.3. The second-order valence-corrected chi connectivity index (χ2v) is 24.3. The molecule has 5 amide bonds. The van der Waals surface area contributed by atoms with Gasteiger partial charge in [-0.05, 0) is 133 Å². The Labute approximate surface area is 439 Å². The van der Waals surface area contributed by atoms with E-state index in [1.54, 1.807) is 6.20 Å². The first-order chi connectivity index (χ1) is 36.3. The van der Waals surface area contributed by atoms with E-state index in [0.29, 0.717) is 95.3 Å². The van der Waals surface area contributed by atoms with Gasteiger partial charge in [0.2, 0.25) is 29.5 Å². The number of piperidine rings is 4. The molecule has 10 heterocycles. The zero-order valence-corrected chi connectivity index (χ0v) is 44.0. The smallest absolute Gasteiger partial charge is 0.238 e. The van der Waals surface area contributed by atoms with Crippen molar-refractivity contribution in [2.24, 2.45) is 11.3 Å². The number of aromatic nitrogens is 4. The summed E-state index contributed by atoms with van der Waals surface area (Å²) < 4.78 is 8.16. The number of carbonyl (C=O) groups excluding carboxylic acids is 5. The Morgan fingerprint density at radius 1 is 0.813 bits per heavy atom. The number of rotatable bonds is 11. The minimum atomic E-state index is -0.703. The number of ether oxygens (including phenoxy) is 1. The summed E-state index contributed by atoms with van der Waals surface area (Å²) in [5.74, 6) is 1.68. The molecule has 13 rings (SSSR count). The number of likely N-dealkylation sites (tertiary alicyclic amines) is 2. The minimum absolute atomic E-state index is 0.108. The van der Waals surface area contributed by atoms with Crippen molar-refractivity contribution in [3.63, 3.8) is 0 Å². The highest BCUT2D eigenvalue weighted by Gasteiger charge is 2.57. The number of hydrogen-bond donors (Lipinski definition) is 2. The van der Waals surface area contributed by atoms with Crippen molar-refractivity contribution < 1.29 is 28.7 Å². The molecule has 6 saturated heterocycles. The van der Waals surface area contributed by atoms with Gasteiger partial charge < -0.3 is 34.2 Å². The summed E-state index contributed by atoms with van der Waals surface area (Å²) in [4.78, 5) is 93.8. The number of amides is 5. The van der Waals surface area contributed by atoms with E-state index >= 15 is 4.79 Å². The molecule has 2 aliphatic carbocycles. The molecule has 8 fully saturated rings. The molecule has 3 atom stereocenters. The lowest BCUT2D eigenvalue weighted by Gasteiger charge is -2.50. The van der Waals surface area contributed by atoms with Crippen LogP contribution < -0.4 is 20.4 Å². The summed E-state index contributed by atoms with van der Waals surface area (Å²) in [6.07, 6.45) is 15.8. The van der Waals surface area contributed by atoms with Gasteiger partial charge in [0, 0.05) is 111 Å². The van der Waals surface area contributed by atoms with Crippen LogP contribution in [0.1, 0.15) is 140 Å². The number of nitrogens with zero attached hydrogens (tertiary/aromatic N) is 9. The molecule has 9 aliphatic rings. The highest BCUT2D eigenvalue weighted by molar-refractivity contribution is 6.09. The van der Waals surface area contributed by atoms with Crippen LogP contribution in [-0.2, 0) is 34.1 Å². The number of fused-ring (bicyclic) bond motifs is 5. The molecule has 17 nitrogen and oxygen atoms in total. The Morgan fingerprint density at radius 2 is 1.55 bits per heavy atom. The number of imidazole rings is 1. The first-order valence-corrected chi connectivity index (χ1v) is 28.4. The molecule has 3 aromatic heterocycles. The average Bonchev–Trinajstić information content (AvgIpc) is 4.03. The van der Waals surface area contributed by atoms with E-state index in [9.17, 15) is 19.2 Å². The Morgan fingerprint density at radius 3 is 2.23 bits per heavy atom. The molecule has 1 aromatic carbocycles. The van der Waals surface area contributed by atoms with E-state index in [1.807, 2.05) is 28.3 Å². The minimum Gasteiger partial charge on any atom is -0.378 e. The Kier molecular flexibility index (Phi) is 12.3. The van der Waals surface area contributed by atoms with Gasteiger partial charge in [-0.1, -0.05) is 25.1 Å². The lowest BCUT2D eigenvalue weighted by Crippen LogP contribution is -2.62. The number of pyridine rings is 2. The van der Waals surface area contributed by atoms with Gasteiger partial charge in [0.25, 0.3) is 0 Å². The maximum absolute atomic E-state index is 15.4. The van der Waals surface area contributed by atoms with E-state index < -0.39 is 10.8 Å². The molecule has 75 heavy (non-hydrogen) atoms. The highest BCUT2D eigenvalue weighted by atomic mass is 16.5. The van der Waals surface area contributed by atoms with Crippen LogP contribution in [0.5, 0.6) is 0 Å². The Balaban J connectivity index is 0.661. The maximum Gasteiger partial charge on any atom is 0.238 e. The number of anilines is 3. The number of hydrogen-bond acceptors (Lipinski definition) is 12. The molecule has 396 valence electrons. The number of imide groups is 1. The number of morpholine rings is 1. The molecular formula is C58H73N11O6. The molecule has 3 unspecified atom stereocenters. The van der Waals surface area contributed by atoms with Crippen molar-refractivity contribution in [1.29, 1.82) is 0 Å². The second kappa shape index (κ2) is 19.0. The third kappa shape index (κ3) is 8.67. The van der Waals surface area contributed by atoms with Crippen molar-refractivity contribution >= 4 is 57.9 Å². The summed E-state index contributed by atoms with van der Waals surface area (Å²) in [6, 6.07) is 14.8. The van der Waals surface area contributed by atoms with Gasteiger partial charge in [0.1, 0.15) is 11.3 Å². The topological polar surface area (TPSA) is 178 Å². The average molecular weight is 1020 g/mol. The molecule has 0 radical (unpaired) electrons. The molecule has 1 spiro atoms. The highest BCUT2D eigenvalue weighted by Crippen LogP contribution is 2.53. The van der Waals surface area contributed by atoms with Crippen LogP contribution >= 0.6 is 0 Å². The molecular weight excluding hydrogens is 947 g/mol. The normalized spacial score (nSPS) is 27.8. The van der Waals surface area contributed by atoms with Crippen LogP contribution in [-0.4, -0.2) is 146 Å². The number of nitrogens with one attached hydrogen (secondary N) is 2. The quantitative estimate of drug-likeness (QED) is 0.152. The van der Waals surface area contributed by atoms with Gasteiger partial charge in [0.05, 0.1) is 42.1 Å². The SMILES string of the molecule is CC(C)n1cnc2cc(-c3ccc4c(c3)N([C@H]3C[C@@H](N5C6CCC5COC6)C3)C(=O)C43CCN(C(=O)C4(C)CCN(C(=O)CC5CCN(c6ccc(C7CCC(=O)NC7=O)cn6)CC5)CC4)CC3)nc(NC3CC3)c21. The van der Waals surface area contributed by atoms with Crippen molar-refractivity contribution in [3.05, 3.63) is 60.0 Å². The van der Waals surface area contributed by atoms with Gasteiger partial charge >= 0.3 is 0 Å². The van der Waals surface area contributed by atoms with Gasteiger partial charge in [-0.3, -0.25) is 34.2 Å². The number of carbonyl (C=O) groups is 5. The second-order valence-electron chi connectivity index (χ2n) is 24.3. The fraction of sp³-hybridized carbons (Fsp3) is 0.621. The summed E-state index contributed by atoms with van der Waals surface area (Å²) in [6.45, 7) is 11.8. The van der Waals surface area contributed by atoms with Crippen LogP contribution in [0.2, 0.25) is 0 Å². The maximum atomic E-state index is 15.4. The first kappa shape index (κ1) is 48.7. The third-order valence-electron chi connectivity index (χ3n) is 19.3. The van der Waals surface area contributed by atoms with Crippen LogP contribution in [0.4, 0.5) is 17.3 Å². The van der Waals surface area contributed by atoms with E-state index in [0.717, 1.165) is 116 Å². The predicted molar refractivity (Wildman–Crippen MR) is 284 cm³/mol. The van der Waals surface area contributed by atoms with E-state index in [4.69, 9.17) is 14.7 Å². The fourth-order valence-corrected chi connectivity index (χ4v) is 14.5. The van der Waals surface area contributed by atoms with Gasteiger partial charge in [-0.2, -0.15) is 0 Å². The van der Waals surface area contributed by atoms with Gasteiger partial charge in [0.15, 0.2) is 5.82 Å². The molecule has 2 N–H and O–H groups in total. The molecule has 7 aliphatic heterocycles. The zero-order valence-electron chi connectivity index (χ0n) is 44.0. The Bertz CT molecular complexity index is 2890. The lowest BCUT2D eigenvalue weighted by molar-refractivity contribution is -0.149. The number of benzene rings is 1. The van der Waals surface area contributed by atoms with Crippen LogP contribution in [0, 0.1) is 11.3 Å². The van der Waals surface area contributed by atoms with E-state index in [-0.39, 0.29) is 53.5 Å². The lowest BCUT2D eigenvalue weighted by atomic mass is 9.72. The summed E-state index contributed by atoms with van der Waals surface area (Å²) >= 11 is 0. The summed E-state index contributed by atoms with van der Waals surface area (Å²) in [5, 5.41) is 6.14. The van der Waals surface area contributed by atoms with Crippen LogP contribution in [0.15, 0.2) is 48.9 Å². The monoisotopic (exact) mass is 1020 g/mol. The van der Waals surface area contributed by atoms with Crippen LogP contribution in [0.3, 0.4) is 0 Å². The fourth-order valence-electron chi connectivity index (χ4n) is 14.5. The van der Waals surface area contributed by atoms with E-state index in [1.165, 1.54) is 12.8 Å². The van der Waals surface area contributed by atoms with Crippen LogP contribution in [0.25, 0.3) is 22.3 Å². The molecule has 2 saturated carbocycles. The van der Waals surface area contributed by atoms with Crippen molar-refractivity contribution in [2.45, 2.75) is 165 Å². The summed E-state index contributed by atoms with van der Waals surface area (Å²) in [5.41, 5.74) is 5.40. The standard InChI is InChI=1S/C58H73N11O6/c1-35(2)67-34-60-47-30-46(62-53(52(47)67)61-39-6-7-39)37-4-11-45-48(27-37)69(43-28-42(29-43)68-40-8-9-41(68)33-75-32-40)56(74)58(45)18-24-66(25-19-58)55(73)57(3)16-22-65(23-17-57)51(71)26-36-14-20-64(21-15-36)49-12-5-38(31-59-49)44-10-13-50(70)63-54(44)72/h4-5,11-12,27,30-31,34-36,39-44H,6-10,13-26,28-29,32-33H2,1-3H3,(H,61,62)(H,63,70,72)/t40?,41?,42-,43+,44?. The van der Waals surface area contributed by atoms with Gasteiger partial charge in [-0.25, -0.2) is 15.0 Å². The van der Waals surface area contributed by atoms with Crippen molar-refractivity contribution in [1.82, 2.24) is 39.5 Å². The largest absolute Gasteiger partial charge is 0.378 e. The molecule has 2 bridgehead atoms. The van der Waals surface area contributed by atoms with Crippen molar-refractivity contribution in [2.75, 3.05) is 67.6 Å². The Hall–Kier alpha value is -5.94. The summed E-state index contributed by atoms with van der Waals surface area (Å²) in [7, 11) is 0. The predicted octanol–water partition coefficient (Wildman–Crippen LogP) is 6.71. The van der Waals surface area contributed by atoms with Gasteiger partial charge in [-0.15, -0.1) is 0 Å². The van der Waals surface area contributed by atoms with Crippen molar-refractivity contribution in [3.8, 4) is 11.3 Å². The molecule has 17 heteroatoms. The first-order valence-electron chi connectivity index (χ1n) is 28.4. The zero-order chi connectivity index (χ0) is 51.3. The van der Waals surface area contributed by atoms with E-state index in [2.05, 4.69) is 79.9 Å².